The lowest BCUT2D eigenvalue weighted by Gasteiger charge is -2.30. The molecule has 0 saturated carbocycles. The van der Waals surface area contributed by atoms with Crippen LogP contribution >= 0.6 is 0 Å². The molecule has 0 aromatic heterocycles. The van der Waals surface area contributed by atoms with Crippen molar-refractivity contribution in [3.8, 4) is 0 Å². The average Bonchev–Trinajstić information content (AvgIpc) is 2.14. The van der Waals surface area contributed by atoms with Crippen molar-refractivity contribution in [1.29, 1.82) is 0 Å². The molecule has 4 heteroatoms. The van der Waals surface area contributed by atoms with Crippen molar-refractivity contribution < 1.29 is 4.79 Å². The van der Waals surface area contributed by atoms with E-state index in [1.54, 1.807) is 11.1 Å². The molecule has 0 aliphatic carbocycles. The van der Waals surface area contributed by atoms with E-state index in [-0.39, 0.29) is 5.91 Å². The van der Waals surface area contributed by atoms with E-state index in [4.69, 9.17) is 5.73 Å². The summed E-state index contributed by atoms with van der Waals surface area (Å²) in [7, 11) is 1.88. The van der Waals surface area contributed by atoms with Gasteiger partial charge in [0.05, 0.1) is 0 Å². The highest BCUT2D eigenvalue weighted by molar-refractivity contribution is 5.75. The largest absolute Gasteiger partial charge is 0.330 e. The maximum atomic E-state index is 11.6. The highest BCUT2D eigenvalue weighted by Gasteiger charge is 2.15. The zero-order valence-electron chi connectivity index (χ0n) is 9.20. The zero-order valence-corrected chi connectivity index (χ0v) is 9.20. The molecule has 0 bridgehead atoms. The van der Waals surface area contributed by atoms with Gasteiger partial charge in [-0.05, 0) is 6.42 Å². The molecule has 0 unspecified atom stereocenters. The molecule has 1 amide bonds. The molecular formula is C10H21N3O. The van der Waals surface area contributed by atoms with Gasteiger partial charge in [-0.1, -0.05) is 13.0 Å². The van der Waals surface area contributed by atoms with E-state index < -0.39 is 0 Å². The first-order valence-corrected chi connectivity index (χ1v) is 4.99. The average molecular weight is 199 g/mol. The van der Waals surface area contributed by atoms with Crippen LogP contribution in [0.25, 0.3) is 0 Å². The van der Waals surface area contributed by atoms with Crippen LogP contribution in [-0.2, 0) is 4.79 Å². The SMILES string of the molecule is C=CCN(C)N(CCC)C(=O)CCN. The van der Waals surface area contributed by atoms with Gasteiger partial charge in [-0.15, -0.1) is 6.58 Å². The molecule has 0 spiro atoms. The summed E-state index contributed by atoms with van der Waals surface area (Å²) in [5.74, 6) is 0.0821. The number of amides is 1. The maximum absolute atomic E-state index is 11.6. The summed E-state index contributed by atoms with van der Waals surface area (Å²) in [4.78, 5) is 11.6. The van der Waals surface area contributed by atoms with E-state index in [0.29, 0.717) is 19.5 Å². The molecular weight excluding hydrogens is 178 g/mol. The molecule has 0 rings (SSSR count). The van der Waals surface area contributed by atoms with E-state index in [0.717, 1.165) is 13.0 Å². The number of hydrogen-bond donors (Lipinski definition) is 1. The summed E-state index contributed by atoms with van der Waals surface area (Å²) < 4.78 is 0. The predicted molar refractivity (Wildman–Crippen MR) is 58.5 cm³/mol. The summed E-state index contributed by atoms with van der Waals surface area (Å²) in [5, 5.41) is 3.60. The van der Waals surface area contributed by atoms with Crippen LogP contribution in [0.1, 0.15) is 19.8 Å². The summed E-state index contributed by atoms with van der Waals surface area (Å²) >= 11 is 0. The fourth-order valence-electron chi connectivity index (χ4n) is 1.24. The first-order chi connectivity index (χ1) is 6.67. The third-order valence-corrected chi connectivity index (χ3v) is 1.89. The highest BCUT2D eigenvalue weighted by Crippen LogP contribution is 2.00. The molecule has 0 heterocycles. The van der Waals surface area contributed by atoms with Crippen molar-refractivity contribution in [3.63, 3.8) is 0 Å². The minimum atomic E-state index is 0.0821. The van der Waals surface area contributed by atoms with Gasteiger partial charge in [0.1, 0.15) is 0 Å². The summed E-state index contributed by atoms with van der Waals surface area (Å²) in [6.45, 7) is 7.51. The molecule has 0 fully saturated rings. The van der Waals surface area contributed by atoms with Gasteiger partial charge in [0, 0.05) is 33.1 Å². The summed E-state index contributed by atoms with van der Waals surface area (Å²) in [6, 6.07) is 0. The maximum Gasteiger partial charge on any atom is 0.238 e. The monoisotopic (exact) mass is 199 g/mol. The van der Waals surface area contributed by atoms with Gasteiger partial charge in [-0.3, -0.25) is 9.80 Å². The number of hydrazine groups is 1. The third kappa shape index (κ3) is 4.39. The second-order valence-corrected chi connectivity index (χ2v) is 3.18. The number of likely N-dealkylation sites (N-methyl/N-ethyl adjacent to an activating group) is 1. The van der Waals surface area contributed by atoms with Crippen molar-refractivity contribution in [1.82, 2.24) is 10.0 Å². The molecule has 0 atom stereocenters. The molecule has 0 aromatic rings. The van der Waals surface area contributed by atoms with Crippen molar-refractivity contribution in [2.24, 2.45) is 5.73 Å². The lowest BCUT2D eigenvalue weighted by Crippen LogP contribution is -2.45. The van der Waals surface area contributed by atoms with Crippen LogP contribution in [0.5, 0.6) is 0 Å². The minimum Gasteiger partial charge on any atom is -0.330 e. The Kier molecular flexibility index (Phi) is 7.06. The van der Waals surface area contributed by atoms with E-state index in [1.165, 1.54) is 0 Å². The van der Waals surface area contributed by atoms with E-state index >= 15 is 0 Å². The van der Waals surface area contributed by atoms with Crippen molar-refractivity contribution in [3.05, 3.63) is 12.7 Å². The Morgan fingerprint density at radius 3 is 2.64 bits per heavy atom. The molecule has 0 aliphatic heterocycles. The van der Waals surface area contributed by atoms with Gasteiger partial charge in [-0.2, -0.15) is 0 Å². The van der Waals surface area contributed by atoms with Gasteiger partial charge in [-0.25, -0.2) is 5.01 Å². The minimum absolute atomic E-state index is 0.0821. The smallest absolute Gasteiger partial charge is 0.238 e. The van der Waals surface area contributed by atoms with Crippen LogP contribution in [0.2, 0.25) is 0 Å². The molecule has 14 heavy (non-hydrogen) atoms. The highest BCUT2D eigenvalue weighted by atomic mass is 16.2. The van der Waals surface area contributed by atoms with Crippen LogP contribution < -0.4 is 5.73 Å². The van der Waals surface area contributed by atoms with Gasteiger partial charge >= 0.3 is 0 Å². The topological polar surface area (TPSA) is 49.6 Å². The van der Waals surface area contributed by atoms with E-state index in [2.05, 4.69) is 6.58 Å². The van der Waals surface area contributed by atoms with Crippen molar-refractivity contribution in [2.45, 2.75) is 19.8 Å². The van der Waals surface area contributed by atoms with Crippen LogP contribution in [0.15, 0.2) is 12.7 Å². The Bertz CT molecular complexity index is 182. The first-order valence-electron chi connectivity index (χ1n) is 4.99. The van der Waals surface area contributed by atoms with Crippen LogP contribution in [0.3, 0.4) is 0 Å². The number of hydrogen-bond acceptors (Lipinski definition) is 3. The number of carbonyl (C=O) groups excluding carboxylic acids is 1. The Hall–Kier alpha value is -0.870. The molecule has 4 nitrogen and oxygen atoms in total. The van der Waals surface area contributed by atoms with E-state index in [1.807, 2.05) is 19.0 Å². The Balaban J connectivity index is 4.24. The molecule has 0 aliphatic rings. The fraction of sp³-hybridized carbons (Fsp3) is 0.700. The first kappa shape index (κ1) is 13.1. The molecule has 0 aromatic carbocycles. The number of nitrogens with two attached hydrogens (primary N) is 1. The lowest BCUT2D eigenvalue weighted by molar-refractivity contribution is -0.145. The Morgan fingerprint density at radius 2 is 2.21 bits per heavy atom. The Morgan fingerprint density at radius 1 is 1.57 bits per heavy atom. The number of carbonyl (C=O) groups is 1. The van der Waals surface area contributed by atoms with Gasteiger partial charge in [0.25, 0.3) is 0 Å². The number of rotatable bonds is 7. The van der Waals surface area contributed by atoms with Gasteiger partial charge in [0.15, 0.2) is 0 Å². The molecule has 0 radical (unpaired) electrons. The standard InChI is InChI=1S/C10H21N3O/c1-4-8-12(3)13(9-5-2)10(14)6-7-11/h4H,1,5-9,11H2,2-3H3. The quantitative estimate of drug-likeness (QED) is 0.482. The van der Waals surface area contributed by atoms with Crippen LogP contribution in [-0.4, -0.2) is 42.6 Å². The third-order valence-electron chi connectivity index (χ3n) is 1.89. The second-order valence-electron chi connectivity index (χ2n) is 3.18. The predicted octanol–water partition coefficient (Wildman–Crippen LogP) is 0.607. The normalized spacial score (nSPS) is 10.3. The van der Waals surface area contributed by atoms with Crippen LogP contribution in [0.4, 0.5) is 0 Å². The molecule has 82 valence electrons. The number of nitrogens with zero attached hydrogens (tertiary/aromatic N) is 2. The molecule has 2 N–H and O–H groups in total. The summed E-state index contributed by atoms with van der Waals surface area (Å²) in [5.41, 5.74) is 5.35. The van der Waals surface area contributed by atoms with Crippen LogP contribution in [0, 0.1) is 0 Å². The summed E-state index contributed by atoms with van der Waals surface area (Å²) in [6.07, 6.45) is 3.12. The van der Waals surface area contributed by atoms with E-state index in [9.17, 15) is 4.79 Å². The fourth-order valence-corrected chi connectivity index (χ4v) is 1.24. The van der Waals surface area contributed by atoms with Gasteiger partial charge in [0.2, 0.25) is 5.91 Å². The zero-order chi connectivity index (χ0) is 11.0. The van der Waals surface area contributed by atoms with Gasteiger partial charge < -0.3 is 5.73 Å². The second kappa shape index (κ2) is 7.53. The Labute approximate surface area is 86.3 Å². The van der Waals surface area contributed by atoms with Crippen molar-refractivity contribution >= 4 is 5.91 Å². The van der Waals surface area contributed by atoms with Crippen molar-refractivity contribution in [2.75, 3.05) is 26.7 Å². The lowest BCUT2D eigenvalue weighted by atomic mass is 10.3. The molecule has 0 saturated heterocycles.